The lowest BCUT2D eigenvalue weighted by Crippen LogP contribution is -2.60. The predicted octanol–water partition coefficient (Wildman–Crippen LogP) is 3.28. The molecule has 1 aromatic rings. The maximum Gasteiger partial charge on any atom is 0.418 e. The molecule has 0 bridgehead atoms. The second-order valence-electron chi connectivity index (χ2n) is 6.05. The summed E-state index contributed by atoms with van der Waals surface area (Å²) in [6, 6.07) is 5.89. The first-order valence-corrected chi connectivity index (χ1v) is 7.06. The number of benzene rings is 1. The van der Waals surface area contributed by atoms with E-state index >= 15 is 0 Å². The number of nitrogens with one attached hydrogen (secondary N) is 1. The summed E-state index contributed by atoms with van der Waals surface area (Å²) in [6.07, 6.45) is -1.94. The maximum atomic E-state index is 13.1. The Kier molecular flexibility index (Phi) is 3.20. The lowest BCUT2D eigenvalue weighted by Gasteiger charge is -2.43. The molecule has 110 valence electrons. The fraction of sp³-hybridized carbons (Fsp3) is 0.600. The van der Waals surface area contributed by atoms with E-state index in [1.165, 1.54) is 25.0 Å². The highest BCUT2D eigenvalue weighted by molar-refractivity contribution is 5.56. The molecule has 1 saturated heterocycles. The van der Waals surface area contributed by atoms with Crippen molar-refractivity contribution < 1.29 is 13.2 Å². The molecule has 1 atom stereocenters. The van der Waals surface area contributed by atoms with Gasteiger partial charge in [-0.1, -0.05) is 12.1 Å². The zero-order chi connectivity index (χ0) is 14.4. The minimum atomic E-state index is -4.29. The van der Waals surface area contributed by atoms with Gasteiger partial charge in [0.15, 0.2) is 0 Å². The van der Waals surface area contributed by atoms with Gasteiger partial charge in [0.25, 0.3) is 0 Å². The summed E-state index contributed by atoms with van der Waals surface area (Å²) in [5, 5.41) is 3.49. The molecule has 1 aliphatic heterocycles. The highest BCUT2D eigenvalue weighted by atomic mass is 19.4. The van der Waals surface area contributed by atoms with Crippen molar-refractivity contribution in [2.45, 2.75) is 31.5 Å². The first kappa shape index (κ1) is 13.7. The van der Waals surface area contributed by atoms with Gasteiger partial charge in [-0.3, -0.25) is 0 Å². The van der Waals surface area contributed by atoms with Gasteiger partial charge in [-0.15, -0.1) is 0 Å². The summed E-state index contributed by atoms with van der Waals surface area (Å²) in [5.41, 5.74) is -0.273. The van der Waals surface area contributed by atoms with E-state index in [9.17, 15) is 13.2 Å². The summed E-state index contributed by atoms with van der Waals surface area (Å²) in [7, 11) is 0. The molecule has 1 N–H and O–H groups in total. The Balaban J connectivity index is 1.89. The second kappa shape index (κ2) is 4.65. The van der Waals surface area contributed by atoms with Crippen molar-refractivity contribution in [2.75, 3.05) is 24.5 Å². The fourth-order valence-corrected chi connectivity index (χ4v) is 3.20. The number of rotatable bonds is 2. The largest absolute Gasteiger partial charge is 0.418 e. The first-order chi connectivity index (χ1) is 9.40. The molecular weight excluding hydrogens is 265 g/mol. The van der Waals surface area contributed by atoms with Gasteiger partial charge < -0.3 is 10.2 Å². The number of halogens is 3. The summed E-state index contributed by atoms with van der Waals surface area (Å²) in [4.78, 5) is 1.89. The van der Waals surface area contributed by atoms with Crippen molar-refractivity contribution in [3.8, 4) is 0 Å². The molecule has 1 heterocycles. The number of anilines is 1. The third-order valence-electron chi connectivity index (χ3n) is 4.46. The Bertz CT molecular complexity index is 496. The minimum Gasteiger partial charge on any atom is -0.368 e. The van der Waals surface area contributed by atoms with E-state index in [1.54, 1.807) is 12.1 Å². The molecule has 1 saturated carbocycles. The third-order valence-corrected chi connectivity index (χ3v) is 4.46. The van der Waals surface area contributed by atoms with Crippen LogP contribution in [0.4, 0.5) is 18.9 Å². The van der Waals surface area contributed by atoms with E-state index in [-0.39, 0.29) is 5.54 Å². The smallest absolute Gasteiger partial charge is 0.368 e. The molecule has 1 aliphatic carbocycles. The summed E-state index contributed by atoms with van der Waals surface area (Å²) >= 11 is 0. The van der Waals surface area contributed by atoms with E-state index in [4.69, 9.17) is 0 Å². The molecule has 0 spiro atoms. The molecule has 2 fully saturated rings. The van der Waals surface area contributed by atoms with Crippen LogP contribution in [0.3, 0.4) is 0 Å². The van der Waals surface area contributed by atoms with E-state index < -0.39 is 11.7 Å². The summed E-state index contributed by atoms with van der Waals surface area (Å²) < 4.78 is 39.4. The lowest BCUT2D eigenvalue weighted by molar-refractivity contribution is -0.137. The zero-order valence-electron chi connectivity index (χ0n) is 11.5. The number of hydrogen-bond donors (Lipinski definition) is 1. The van der Waals surface area contributed by atoms with Crippen LogP contribution in [0.1, 0.15) is 25.3 Å². The molecule has 2 nitrogen and oxygen atoms in total. The Hall–Kier alpha value is -1.23. The van der Waals surface area contributed by atoms with Crippen LogP contribution in [0.15, 0.2) is 24.3 Å². The SMILES string of the molecule is CC1(C2CC2)CN(c2ccccc2C(F)(F)F)CCN1. The van der Waals surface area contributed by atoms with Gasteiger partial charge in [0, 0.05) is 30.9 Å². The van der Waals surface area contributed by atoms with Gasteiger partial charge in [0.1, 0.15) is 0 Å². The molecule has 1 aromatic carbocycles. The molecule has 0 aromatic heterocycles. The quantitative estimate of drug-likeness (QED) is 0.896. The van der Waals surface area contributed by atoms with Gasteiger partial charge in [-0.05, 0) is 37.8 Å². The predicted molar refractivity (Wildman–Crippen MR) is 72.8 cm³/mol. The number of para-hydroxylation sites is 1. The lowest BCUT2D eigenvalue weighted by atomic mass is 9.92. The van der Waals surface area contributed by atoms with Crippen LogP contribution >= 0.6 is 0 Å². The van der Waals surface area contributed by atoms with Crippen LogP contribution in [0.25, 0.3) is 0 Å². The second-order valence-corrected chi connectivity index (χ2v) is 6.05. The fourth-order valence-electron chi connectivity index (χ4n) is 3.20. The van der Waals surface area contributed by atoms with Gasteiger partial charge in [0.2, 0.25) is 0 Å². The zero-order valence-corrected chi connectivity index (χ0v) is 11.5. The minimum absolute atomic E-state index is 0.0586. The van der Waals surface area contributed by atoms with Crippen LogP contribution in [-0.4, -0.2) is 25.2 Å². The van der Waals surface area contributed by atoms with Crippen LogP contribution in [0, 0.1) is 5.92 Å². The van der Waals surface area contributed by atoms with E-state index in [2.05, 4.69) is 12.2 Å². The molecular formula is C15H19F3N2. The summed E-state index contributed by atoms with van der Waals surface area (Å²) in [5.74, 6) is 0.600. The Morgan fingerprint density at radius 1 is 1.25 bits per heavy atom. The van der Waals surface area contributed by atoms with Crippen molar-refractivity contribution in [1.82, 2.24) is 5.32 Å². The third kappa shape index (κ3) is 2.51. The molecule has 0 radical (unpaired) electrons. The molecule has 5 heteroatoms. The molecule has 20 heavy (non-hydrogen) atoms. The van der Waals surface area contributed by atoms with Crippen molar-refractivity contribution in [2.24, 2.45) is 5.92 Å². The molecule has 1 unspecified atom stereocenters. The average molecular weight is 284 g/mol. The number of hydrogen-bond acceptors (Lipinski definition) is 2. The highest BCUT2D eigenvalue weighted by Crippen LogP contribution is 2.43. The van der Waals surface area contributed by atoms with Gasteiger partial charge >= 0.3 is 6.18 Å². The Morgan fingerprint density at radius 3 is 2.60 bits per heavy atom. The topological polar surface area (TPSA) is 15.3 Å². The van der Waals surface area contributed by atoms with Crippen LogP contribution in [0.2, 0.25) is 0 Å². The average Bonchev–Trinajstić information content (AvgIpc) is 3.22. The van der Waals surface area contributed by atoms with Crippen molar-refractivity contribution in [3.63, 3.8) is 0 Å². The molecule has 3 rings (SSSR count). The Labute approximate surface area is 117 Å². The van der Waals surface area contributed by atoms with Crippen LogP contribution in [-0.2, 0) is 6.18 Å². The van der Waals surface area contributed by atoms with E-state index in [1.807, 2.05) is 4.90 Å². The standard InChI is InChI=1S/C15H19F3N2/c1-14(11-6-7-11)10-20(9-8-19-14)13-5-3-2-4-12(13)15(16,17)18/h2-5,11,19H,6-10H2,1H3. The van der Waals surface area contributed by atoms with Gasteiger partial charge in [-0.25, -0.2) is 0 Å². The van der Waals surface area contributed by atoms with Crippen LogP contribution in [0.5, 0.6) is 0 Å². The van der Waals surface area contributed by atoms with Crippen molar-refractivity contribution in [3.05, 3.63) is 29.8 Å². The van der Waals surface area contributed by atoms with Gasteiger partial charge in [-0.2, -0.15) is 13.2 Å². The maximum absolute atomic E-state index is 13.1. The van der Waals surface area contributed by atoms with Crippen molar-refractivity contribution in [1.29, 1.82) is 0 Å². The molecule has 0 amide bonds. The van der Waals surface area contributed by atoms with E-state index in [0.29, 0.717) is 24.7 Å². The van der Waals surface area contributed by atoms with Crippen LogP contribution < -0.4 is 10.2 Å². The summed E-state index contributed by atoms with van der Waals surface area (Å²) in [6.45, 7) is 4.13. The van der Waals surface area contributed by atoms with Gasteiger partial charge in [0.05, 0.1) is 5.56 Å². The van der Waals surface area contributed by atoms with Crippen molar-refractivity contribution >= 4 is 5.69 Å². The monoisotopic (exact) mass is 284 g/mol. The van der Waals surface area contributed by atoms with E-state index in [0.717, 1.165) is 6.54 Å². The number of alkyl halides is 3. The molecule has 2 aliphatic rings. The number of nitrogens with zero attached hydrogens (tertiary/aromatic N) is 1. The number of piperazine rings is 1. The first-order valence-electron chi connectivity index (χ1n) is 7.06. The Morgan fingerprint density at radius 2 is 1.95 bits per heavy atom. The normalized spacial score (nSPS) is 27.7. The highest BCUT2D eigenvalue weighted by Gasteiger charge is 2.45.